The smallest absolute Gasteiger partial charge is 0.282 e. The third kappa shape index (κ3) is 6.25. The van der Waals surface area contributed by atoms with Crippen LogP contribution in [0.25, 0.3) is 33.4 Å². The molecule has 0 aliphatic carbocycles. The van der Waals surface area contributed by atoms with Crippen LogP contribution >= 0.6 is 0 Å². The number of aromatic nitrogens is 6. The summed E-state index contributed by atoms with van der Waals surface area (Å²) in [5.41, 5.74) is 4.32. The highest BCUT2D eigenvalue weighted by molar-refractivity contribution is 5.85. The molecule has 1 fully saturated rings. The van der Waals surface area contributed by atoms with Crippen LogP contribution in [0.2, 0.25) is 0 Å². The predicted octanol–water partition coefficient (Wildman–Crippen LogP) is 5.74. The minimum atomic E-state index is -0.601. The Balaban J connectivity index is 1.25. The SMILES string of the molecule is CCCCc1nn(-c2cccc(-c3cc(Nc4ccc(N5CCN(C(C)C)CC5)cn4)c4nccn4n3)c2CO)c(=O)c2c(F)cccc12. The predicted molar refractivity (Wildman–Crippen MR) is 190 cm³/mol. The lowest BCUT2D eigenvalue weighted by atomic mass is 10.0. The second kappa shape index (κ2) is 13.7. The summed E-state index contributed by atoms with van der Waals surface area (Å²) in [5, 5.41) is 24.2. The molecule has 1 aliphatic rings. The molecule has 6 aromatic rings. The van der Waals surface area contributed by atoms with E-state index in [1.54, 1.807) is 41.2 Å². The van der Waals surface area contributed by atoms with E-state index in [0.717, 1.165) is 44.7 Å². The molecule has 49 heavy (non-hydrogen) atoms. The summed E-state index contributed by atoms with van der Waals surface area (Å²) in [6.07, 6.45) is 7.64. The number of pyridine rings is 1. The normalized spacial score (nSPS) is 14.0. The van der Waals surface area contributed by atoms with Crippen LogP contribution in [0.4, 0.5) is 21.6 Å². The summed E-state index contributed by atoms with van der Waals surface area (Å²) in [6, 6.07) is 16.4. The standard InChI is InChI=1S/C37H40FN9O2/c1-4-5-11-30-27-9-6-10-29(38)35(27)37(49)47(43-30)33-12-7-8-26(28(33)23-48)31-21-32(36-39-15-16-46(36)42-31)41-34-14-13-25(22-40-34)45-19-17-44(18-20-45)24(2)3/h6-10,12-16,21-22,24,48H,4-5,11,17-20,23H2,1-3H3,(H,40,41). The Kier molecular flexibility index (Phi) is 9.07. The molecule has 0 spiro atoms. The van der Waals surface area contributed by atoms with Gasteiger partial charge in [-0.1, -0.05) is 37.6 Å². The van der Waals surface area contributed by atoms with Gasteiger partial charge in [-0.15, -0.1) is 0 Å². The number of fused-ring (bicyclic) bond motifs is 2. The van der Waals surface area contributed by atoms with Crippen LogP contribution in [0.3, 0.4) is 0 Å². The Bertz CT molecular complexity index is 2170. The van der Waals surface area contributed by atoms with E-state index in [1.807, 2.05) is 24.4 Å². The fourth-order valence-electron chi connectivity index (χ4n) is 6.60. The van der Waals surface area contributed by atoms with Crippen LogP contribution in [0.1, 0.15) is 44.9 Å². The molecule has 5 heterocycles. The van der Waals surface area contributed by atoms with Crippen LogP contribution in [0, 0.1) is 5.82 Å². The molecule has 252 valence electrons. The van der Waals surface area contributed by atoms with Crippen LogP contribution in [0.15, 0.2) is 78.0 Å². The van der Waals surface area contributed by atoms with Gasteiger partial charge in [0.1, 0.15) is 11.6 Å². The third-order valence-electron chi connectivity index (χ3n) is 9.31. The van der Waals surface area contributed by atoms with Crippen molar-refractivity contribution in [3.8, 4) is 16.9 Å². The number of halogens is 1. The Hall–Kier alpha value is -5.20. The molecule has 1 saturated heterocycles. The Morgan fingerprint density at radius 3 is 2.55 bits per heavy atom. The molecule has 0 radical (unpaired) electrons. The average molecular weight is 662 g/mol. The fraction of sp³-hybridized carbons (Fsp3) is 0.324. The van der Waals surface area contributed by atoms with Gasteiger partial charge in [-0.3, -0.25) is 9.69 Å². The number of nitrogens with one attached hydrogen (secondary N) is 1. The zero-order valence-corrected chi connectivity index (χ0v) is 28.0. The molecular formula is C37H40FN9O2. The molecule has 11 nitrogen and oxygen atoms in total. The van der Waals surface area contributed by atoms with Crippen LogP contribution in [-0.2, 0) is 13.0 Å². The van der Waals surface area contributed by atoms with E-state index in [9.17, 15) is 9.90 Å². The summed E-state index contributed by atoms with van der Waals surface area (Å²) < 4.78 is 18.0. The number of piperazine rings is 1. The molecule has 0 atom stereocenters. The molecule has 0 unspecified atom stereocenters. The van der Waals surface area contributed by atoms with Gasteiger partial charge < -0.3 is 15.3 Å². The Labute approximate surface area is 283 Å². The van der Waals surface area contributed by atoms with Crippen molar-refractivity contribution >= 4 is 33.6 Å². The van der Waals surface area contributed by atoms with Gasteiger partial charge in [-0.25, -0.2) is 18.9 Å². The number of unbranched alkanes of at least 4 members (excludes halogenated alkanes) is 1. The fourth-order valence-corrected chi connectivity index (χ4v) is 6.60. The number of hydrogen-bond acceptors (Lipinski definition) is 9. The number of hydrogen-bond donors (Lipinski definition) is 2. The number of benzene rings is 2. The summed E-state index contributed by atoms with van der Waals surface area (Å²) >= 11 is 0. The van der Waals surface area contributed by atoms with Crippen molar-refractivity contribution in [1.29, 1.82) is 0 Å². The molecule has 0 bridgehead atoms. The number of aliphatic hydroxyl groups is 1. The monoisotopic (exact) mass is 661 g/mol. The Morgan fingerprint density at radius 2 is 1.82 bits per heavy atom. The Morgan fingerprint density at radius 1 is 1.00 bits per heavy atom. The van der Waals surface area contributed by atoms with E-state index < -0.39 is 18.0 Å². The minimum absolute atomic E-state index is 0.0151. The highest BCUT2D eigenvalue weighted by Gasteiger charge is 2.22. The number of aliphatic hydroxyl groups excluding tert-OH is 1. The lowest BCUT2D eigenvalue weighted by Crippen LogP contribution is -2.48. The summed E-state index contributed by atoms with van der Waals surface area (Å²) in [5.74, 6) is 0.0488. The first-order chi connectivity index (χ1) is 23.9. The lowest BCUT2D eigenvalue weighted by molar-refractivity contribution is 0.209. The molecule has 0 saturated carbocycles. The van der Waals surface area contributed by atoms with Crippen LogP contribution in [-0.4, -0.2) is 71.6 Å². The van der Waals surface area contributed by atoms with E-state index in [4.69, 9.17) is 15.2 Å². The van der Waals surface area contributed by atoms with Gasteiger partial charge in [0, 0.05) is 61.1 Å². The van der Waals surface area contributed by atoms with Gasteiger partial charge in [0.05, 0.1) is 46.6 Å². The lowest BCUT2D eigenvalue weighted by Gasteiger charge is -2.38. The van der Waals surface area contributed by atoms with Crippen molar-refractivity contribution in [2.45, 2.75) is 52.7 Å². The van der Waals surface area contributed by atoms with Crippen molar-refractivity contribution in [3.63, 3.8) is 0 Å². The number of aryl methyl sites for hydroxylation is 1. The highest BCUT2D eigenvalue weighted by atomic mass is 19.1. The van der Waals surface area contributed by atoms with Gasteiger partial charge in [-0.05, 0) is 57.0 Å². The molecule has 0 amide bonds. The maximum absolute atomic E-state index is 15.1. The maximum Gasteiger partial charge on any atom is 0.282 e. The number of anilines is 3. The molecule has 4 aromatic heterocycles. The van der Waals surface area contributed by atoms with E-state index in [0.29, 0.717) is 63.2 Å². The quantitative estimate of drug-likeness (QED) is 0.190. The van der Waals surface area contributed by atoms with Crippen molar-refractivity contribution in [3.05, 3.63) is 101 Å². The topological polar surface area (TPSA) is 117 Å². The van der Waals surface area contributed by atoms with E-state index in [2.05, 4.69) is 46.9 Å². The van der Waals surface area contributed by atoms with Crippen molar-refractivity contribution in [1.82, 2.24) is 34.3 Å². The minimum Gasteiger partial charge on any atom is -0.392 e. The first-order valence-electron chi connectivity index (χ1n) is 16.9. The van der Waals surface area contributed by atoms with Gasteiger partial charge in [0.2, 0.25) is 0 Å². The zero-order chi connectivity index (χ0) is 34.1. The number of rotatable bonds is 10. The van der Waals surface area contributed by atoms with Crippen LogP contribution < -0.4 is 15.8 Å². The van der Waals surface area contributed by atoms with Gasteiger partial charge in [0.25, 0.3) is 5.56 Å². The number of nitrogens with zero attached hydrogens (tertiary/aromatic N) is 8. The summed E-state index contributed by atoms with van der Waals surface area (Å²) in [6.45, 7) is 10.1. The first-order valence-corrected chi connectivity index (χ1v) is 16.9. The van der Waals surface area contributed by atoms with E-state index in [-0.39, 0.29) is 5.39 Å². The summed E-state index contributed by atoms with van der Waals surface area (Å²) in [7, 11) is 0. The average Bonchev–Trinajstić information content (AvgIpc) is 3.61. The van der Waals surface area contributed by atoms with E-state index >= 15 is 4.39 Å². The van der Waals surface area contributed by atoms with E-state index in [1.165, 1.54) is 10.7 Å². The molecule has 2 N–H and O–H groups in total. The number of imidazole rings is 1. The zero-order valence-electron chi connectivity index (χ0n) is 28.0. The first kappa shape index (κ1) is 32.4. The summed E-state index contributed by atoms with van der Waals surface area (Å²) in [4.78, 5) is 27.8. The van der Waals surface area contributed by atoms with Gasteiger partial charge >= 0.3 is 0 Å². The van der Waals surface area contributed by atoms with Gasteiger partial charge in [0.15, 0.2) is 5.65 Å². The molecule has 7 rings (SSSR count). The van der Waals surface area contributed by atoms with Crippen molar-refractivity contribution in [2.24, 2.45) is 0 Å². The highest BCUT2D eigenvalue weighted by Crippen LogP contribution is 2.31. The molecule has 12 heteroatoms. The molecule has 2 aromatic carbocycles. The van der Waals surface area contributed by atoms with Crippen molar-refractivity contribution < 1.29 is 9.50 Å². The maximum atomic E-state index is 15.1. The van der Waals surface area contributed by atoms with Crippen molar-refractivity contribution in [2.75, 3.05) is 36.4 Å². The molecule has 1 aliphatic heterocycles. The van der Waals surface area contributed by atoms with Crippen LogP contribution in [0.5, 0.6) is 0 Å². The molecular weight excluding hydrogens is 621 g/mol. The third-order valence-corrected chi connectivity index (χ3v) is 9.31. The van der Waals surface area contributed by atoms with Gasteiger partial charge in [-0.2, -0.15) is 14.9 Å². The largest absolute Gasteiger partial charge is 0.392 e. The second-order valence-electron chi connectivity index (χ2n) is 12.7. The second-order valence-corrected chi connectivity index (χ2v) is 12.7.